The number of aliphatic hydroxyl groups is 1. The highest BCUT2D eigenvalue weighted by molar-refractivity contribution is 6.03. The lowest BCUT2D eigenvalue weighted by atomic mass is 9.87. The largest absolute Gasteiger partial charge is 0.481 e. The highest BCUT2D eigenvalue weighted by Gasteiger charge is 2.36. The molecule has 4 heterocycles. The van der Waals surface area contributed by atoms with Gasteiger partial charge in [-0.3, -0.25) is 14.6 Å². The fourth-order valence-electron chi connectivity index (χ4n) is 3.98. The number of carbonyl (C=O) groups excluding carboxylic acids is 2. The maximum absolute atomic E-state index is 13.0. The monoisotopic (exact) mass is 548 g/mol. The lowest BCUT2D eigenvalue weighted by Crippen LogP contribution is -2.45. The van der Waals surface area contributed by atoms with Crippen LogP contribution in [0.1, 0.15) is 18.5 Å². The molecular formula is C24H26Cl2N6O5. The summed E-state index contributed by atoms with van der Waals surface area (Å²) in [6.45, 7) is 0.428. The first-order chi connectivity index (χ1) is 16.9. The Bertz CT molecular complexity index is 1340. The van der Waals surface area contributed by atoms with Crippen molar-refractivity contribution >= 4 is 59.2 Å². The Kier molecular flexibility index (Phi) is 8.87. The molecule has 3 aromatic rings. The molecule has 2 atom stereocenters. The Balaban J connectivity index is 0.00000190. The van der Waals surface area contributed by atoms with Crippen molar-refractivity contribution in [3.05, 3.63) is 54.4 Å². The van der Waals surface area contributed by atoms with Crippen LogP contribution >= 0.6 is 24.8 Å². The number of fused-ring (bicyclic) bond motifs is 2. The van der Waals surface area contributed by atoms with Gasteiger partial charge in [0.05, 0.1) is 24.0 Å². The van der Waals surface area contributed by atoms with Gasteiger partial charge in [-0.2, -0.15) is 0 Å². The first kappa shape index (κ1) is 28.1. The molecule has 1 aliphatic heterocycles. The zero-order valence-corrected chi connectivity index (χ0v) is 21.4. The molecule has 11 nitrogen and oxygen atoms in total. The smallest absolute Gasteiger partial charge is 0.263 e. The van der Waals surface area contributed by atoms with Gasteiger partial charge in [0.25, 0.3) is 11.8 Å². The number of pyridine rings is 3. The summed E-state index contributed by atoms with van der Waals surface area (Å²) in [4.78, 5) is 37.5. The van der Waals surface area contributed by atoms with E-state index >= 15 is 0 Å². The van der Waals surface area contributed by atoms with E-state index in [2.05, 4.69) is 30.9 Å². The van der Waals surface area contributed by atoms with Crippen LogP contribution < -0.4 is 25.4 Å². The van der Waals surface area contributed by atoms with Crippen LogP contribution in [0.4, 0.5) is 11.5 Å². The fourth-order valence-corrected chi connectivity index (χ4v) is 3.98. The van der Waals surface area contributed by atoms with Crippen LogP contribution in [0.15, 0.2) is 48.7 Å². The summed E-state index contributed by atoms with van der Waals surface area (Å²) >= 11 is 0. The predicted octanol–water partition coefficient (Wildman–Crippen LogP) is 2.39. The number of halogens is 2. The molecule has 0 bridgehead atoms. The van der Waals surface area contributed by atoms with Gasteiger partial charge in [0.1, 0.15) is 5.52 Å². The maximum Gasteiger partial charge on any atom is 0.263 e. The Labute approximate surface area is 224 Å². The lowest BCUT2D eigenvalue weighted by Gasteiger charge is -2.30. The summed E-state index contributed by atoms with van der Waals surface area (Å²) in [7, 11) is 1.51. The molecule has 0 fully saturated rings. The van der Waals surface area contributed by atoms with Crippen LogP contribution in [-0.2, 0) is 16.1 Å². The van der Waals surface area contributed by atoms with Crippen LogP contribution in [-0.4, -0.2) is 57.2 Å². The number of nitrogens with zero attached hydrogens (tertiary/aromatic N) is 3. The molecule has 37 heavy (non-hydrogen) atoms. The van der Waals surface area contributed by atoms with Crippen LogP contribution in [0.2, 0.25) is 0 Å². The molecule has 0 aromatic carbocycles. The van der Waals surface area contributed by atoms with Gasteiger partial charge in [0.15, 0.2) is 23.8 Å². The number of rotatable bonds is 6. The number of anilines is 2. The molecule has 0 saturated carbocycles. The molecule has 1 aliphatic carbocycles. The summed E-state index contributed by atoms with van der Waals surface area (Å²) in [6, 6.07) is 8.61. The zero-order chi connectivity index (χ0) is 24.4. The average molecular weight is 549 g/mol. The minimum Gasteiger partial charge on any atom is -0.481 e. The summed E-state index contributed by atoms with van der Waals surface area (Å²) in [6.07, 6.45) is 5.62. The summed E-state index contributed by atoms with van der Waals surface area (Å²) in [5.74, 6) is 0.558. The van der Waals surface area contributed by atoms with Gasteiger partial charge in [-0.25, -0.2) is 9.97 Å². The van der Waals surface area contributed by atoms with Gasteiger partial charge in [0, 0.05) is 24.8 Å². The van der Waals surface area contributed by atoms with Gasteiger partial charge in [-0.1, -0.05) is 6.08 Å². The third-order valence-electron chi connectivity index (χ3n) is 5.93. The van der Waals surface area contributed by atoms with E-state index < -0.39 is 11.5 Å². The number of nitrogens with one attached hydrogen (secondary N) is 3. The summed E-state index contributed by atoms with van der Waals surface area (Å²) in [5.41, 5.74) is 0.589. The van der Waals surface area contributed by atoms with Crippen molar-refractivity contribution in [2.75, 3.05) is 24.4 Å². The van der Waals surface area contributed by atoms with Gasteiger partial charge in [-0.05, 0) is 43.2 Å². The SMILES string of the molecule is COc1ccc2nccc(NC(=O)[C@]3(O)C=C[C@@H](NCc4ccc5c(n4)NC(=O)CO5)CC3)c2n1.Cl.Cl. The Hall–Kier alpha value is -3.51. The van der Waals surface area contributed by atoms with Crippen molar-refractivity contribution in [3.63, 3.8) is 0 Å². The van der Waals surface area contributed by atoms with E-state index in [0.29, 0.717) is 47.1 Å². The van der Waals surface area contributed by atoms with Gasteiger partial charge < -0.3 is 30.5 Å². The van der Waals surface area contributed by atoms with E-state index in [0.717, 1.165) is 5.69 Å². The molecule has 3 aromatic heterocycles. The number of hydrogen-bond donors (Lipinski definition) is 4. The highest BCUT2D eigenvalue weighted by Crippen LogP contribution is 2.28. The Morgan fingerprint density at radius 2 is 2.08 bits per heavy atom. The normalized spacial score (nSPS) is 19.9. The van der Waals surface area contributed by atoms with E-state index in [4.69, 9.17) is 9.47 Å². The van der Waals surface area contributed by atoms with Crippen LogP contribution in [0.5, 0.6) is 11.6 Å². The molecule has 4 N–H and O–H groups in total. The van der Waals surface area contributed by atoms with Crippen molar-refractivity contribution in [2.24, 2.45) is 0 Å². The molecule has 5 rings (SSSR count). The molecule has 0 radical (unpaired) electrons. The maximum atomic E-state index is 13.0. The second kappa shape index (κ2) is 11.7. The van der Waals surface area contributed by atoms with Crippen molar-refractivity contribution in [1.82, 2.24) is 20.3 Å². The Morgan fingerprint density at radius 3 is 2.84 bits per heavy atom. The van der Waals surface area contributed by atoms with Gasteiger partial charge in [-0.15, -0.1) is 24.8 Å². The van der Waals surface area contributed by atoms with Crippen LogP contribution in [0, 0.1) is 0 Å². The number of carbonyl (C=O) groups is 2. The standard InChI is InChI=1S/C24H24N6O5.2ClH/c1-34-20-5-3-16-21(30-20)17(8-11-25-16)28-23(32)24(33)9-6-14(7-10-24)26-12-15-2-4-18-22(27-15)29-19(31)13-35-18;;/h2-6,8-9,11,14,26,33H,7,10,12-13H2,1H3,(H,25,28,32)(H,27,29,31);2*1H/t14-,24+;;/m1../s1. The van der Waals surface area contributed by atoms with Gasteiger partial charge in [0.2, 0.25) is 5.88 Å². The van der Waals surface area contributed by atoms with E-state index in [1.54, 1.807) is 36.5 Å². The number of amides is 2. The van der Waals surface area contributed by atoms with Crippen LogP contribution in [0.3, 0.4) is 0 Å². The van der Waals surface area contributed by atoms with Crippen LogP contribution in [0.25, 0.3) is 11.0 Å². The first-order valence-corrected chi connectivity index (χ1v) is 11.1. The van der Waals surface area contributed by atoms with Gasteiger partial charge >= 0.3 is 0 Å². The topological polar surface area (TPSA) is 148 Å². The number of hydrogen-bond acceptors (Lipinski definition) is 9. The quantitative estimate of drug-likeness (QED) is 0.340. The van der Waals surface area contributed by atoms with E-state index in [1.807, 2.05) is 6.07 Å². The molecule has 0 spiro atoms. The third-order valence-corrected chi connectivity index (χ3v) is 5.93. The zero-order valence-electron chi connectivity index (χ0n) is 19.8. The number of methoxy groups -OCH3 is 1. The number of aromatic nitrogens is 3. The highest BCUT2D eigenvalue weighted by atomic mass is 35.5. The average Bonchev–Trinajstić information content (AvgIpc) is 2.88. The molecule has 2 aliphatic rings. The molecule has 0 unspecified atom stereocenters. The molecule has 2 amide bonds. The second-order valence-electron chi connectivity index (χ2n) is 8.33. The van der Waals surface area contributed by atoms with E-state index in [1.165, 1.54) is 13.2 Å². The van der Waals surface area contributed by atoms with Crippen molar-refractivity contribution in [3.8, 4) is 11.6 Å². The first-order valence-electron chi connectivity index (χ1n) is 11.1. The Morgan fingerprint density at radius 1 is 1.24 bits per heavy atom. The third kappa shape index (κ3) is 6.08. The van der Waals surface area contributed by atoms with E-state index in [9.17, 15) is 14.7 Å². The van der Waals surface area contributed by atoms with Crippen molar-refractivity contribution in [1.29, 1.82) is 0 Å². The second-order valence-corrected chi connectivity index (χ2v) is 8.33. The summed E-state index contributed by atoms with van der Waals surface area (Å²) < 4.78 is 10.5. The lowest BCUT2D eigenvalue weighted by molar-refractivity contribution is -0.130. The molecular weight excluding hydrogens is 523 g/mol. The van der Waals surface area contributed by atoms with Crippen molar-refractivity contribution < 1.29 is 24.2 Å². The minimum atomic E-state index is -1.65. The minimum absolute atomic E-state index is 0. The predicted molar refractivity (Wildman–Crippen MR) is 142 cm³/mol. The molecule has 0 saturated heterocycles. The molecule has 196 valence electrons. The van der Waals surface area contributed by atoms with Crippen molar-refractivity contribution in [2.45, 2.75) is 31.0 Å². The summed E-state index contributed by atoms with van der Waals surface area (Å²) in [5, 5.41) is 19.8. The van der Waals surface area contributed by atoms with E-state index in [-0.39, 0.29) is 49.8 Å². The molecule has 13 heteroatoms. The number of ether oxygens (including phenoxy) is 2. The fraction of sp³-hybridized carbons (Fsp3) is 0.292.